The van der Waals surface area contributed by atoms with Gasteiger partial charge in [0.25, 0.3) is 0 Å². The van der Waals surface area contributed by atoms with Gasteiger partial charge in [0.15, 0.2) is 5.96 Å². The zero-order chi connectivity index (χ0) is 16.6. The van der Waals surface area contributed by atoms with Crippen LogP contribution in [0.15, 0.2) is 17.6 Å². The van der Waals surface area contributed by atoms with Gasteiger partial charge < -0.3 is 10.2 Å². The Kier molecular flexibility index (Phi) is 11.1. The fourth-order valence-corrected chi connectivity index (χ4v) is 3.43. The lowest BCUT2D eigenvalue weighted by atomic mass is 10.1. The Labute approximate surface area is 158 Å². The first-order chi connectivity index (χ1) is 10.4. The Morgan fingerprint density at radius 1 is 1.52 bits per heavy atom. The molecule has 1 aliphatic heterocycles. The van der Waals surface area contributed by atoms with Crippen molar-refractivity contribution in [3.05, 3.63) is 12.7 Å². The minimum absolute atomic E-state index is 0. The van der Waals surface area contributed by atoms with Gasteiger partial charge in [0.05, 0.1) is 6.26 Å². The van der Waals surface area contributed by atoms with Crippen molar-refractivity contribution in [3.8, 4) is 0 Å². The molecule has 0 bridgehead atoms. The van der Waals surface area contributed by atoms with E-state index in [1.54, 1.807) is 4.31 Å². The Balaban J connectivity index is 0.00000484. The number of unbranched alkanes of at least 4 members (excludes halogenated alkanes) is 1. The van der Waals surface area contributed by atoms with Gasteiger partial charge in [-0.05, 0) is 32.1 Å². The Hall–Kier alpha value is -0.350. The SMILES string of the molecule is C=CCCCN(C)C(=NCC1CCN(S(C)(=O)=O)C1)NCC.I. The van der Waals surface area contributed by atoms with Crippen molar-refractivity contribution in [1.29, 1.82) is 0 Å². The van der Waals surface area contributed by atoms with Crippen LogP contribution in [0.1, 0.15) is 26.2 Å². The summed E-state index contributed by atoms with van der Waals surface area (Å²) in [6.45, 7) is 9.41. The number of guanidine groups is 1. The van der Waals surface area contributed by atoms with Gasteiger partial charge in [-0.25, -0.2) is 12.7 Å². The highest BCUT2D eigenvalue weighted by atomic mass is 127. The first-order valence-electron chi connectivity index (χ1n) is 7.94. The van der Waals surface area contributed by atoms with E-state index in [-0.39, 0.29) is 24.0 Å². The summed E-state index contributed by atoms with van der Waals surface area (Å²) in [5.74, 6) is 1.20. The second-order valence-corrected chi connectivity index (χ2v) is 7.81. The van der Waals surface area contributed by atoms with Crippen LogP contribution in [-0.4, -0.2) is 69.6 Å². The van der Waals surface area contributed by atoms with E-state index in [2.05, 4.69) is 21.8 Å². The number of aliphatic imine (C=N–C) groups is 1. The summed E-state index contributed by atoms with van der Waals surface area (Å²) >= 11 is 0. The first kappa shape index (κ1) is 22.6. The van der Waals surface area contributed by atoms with E-state index in [1.807, 2.05) is 20.0 Å². The van der Waals surface area contributed by atoms with Crippen LogP contribution in [0.25, 0.3) is 0 Å². The molecule has 1 aliphatic rings. The summed E-state index contributed by atoms with van der Waals surface area (Å²) in [5, 5.41) is 3.29. The molecule has 136 valence electrons. The molecule has 1 atom stereocenters. The second-order valence-electron chi connectivity index (χ2n) is 5.82. The van der Waals surface area contributed by atoms with Gasteiger partial charge in [0, 0.05) is 39.8 Å². The van der Waals surface area contributed by atoms with Crippen molar-refractivity contribution >= 4 is 40.0 Å². The molecular weight excluding hydrogens is 427 g/mol. The largest absolute Gasteiger partial charge is 0.357 e. The summed E-state index contributed by atoms with van der Waals surface area (Å²) in [7, 11) is -1.04. The molecule has 0 aromatic heterocycles. The van der Waals surface area contributed by atoms with E-state index in [4.69, 9.17) is 0 Å². The van der Waals surface area contributed by atoms with Gasteiger partial charge in [0.2, 0.25) is 10.0 Å². The van der Waals surface area contributed by atoms with Crippen molar-refractivity contribution in [2.45, 2.75) is 26.2 Å². The minimum atomic E-state index is -3.07. The van der Waals surface area contributed by atoms with Gasteiger partial charge in [0.1, 0.15) is 0 Å². The monoisotopic (exact) mass is 458 g/mol. The topological polar surface area (TPSA) is 65.0 Å². The quantitative estimate of drug-likeness (QED) is 0.198. The van der Waals surface area contributed by atoms with Crippen LogP contribution in [0.4, 0.5) is 0 Å². The lowest BCUT2D eigenvalue weighted by Gasteiger charge is -2.22. The van der Waals surface area contributed by atoms with Crippen LogP contribution in [0.5, 0.6) is 0 Å². The van der Waals surface area contributed by atoms with E-state index >= 15 is 0 Å². The number of nitrogens with zero attached hydrogens (tertiary/aromatic N) is 3. The van der Waals surface area contributed by atoms with Crippen molar-refractivity contribution in [1.82, 2.24) is 14.5 Å². The Morgan fingerprint density at radius 2 is 2.22 bits per heavy atom. The predicted octanol–water partition coefficient (Wildman–Crippen LogP) is 1.75. The van der Waals surface area contributed by atoms with Crippen LogP contribution in [0.2, 0.25) is 0 Å². The number of allylic oxidation sites excluding steroid dienone is 1. The molecule has 0 aromatic rings. The first-order valence-corrected chi connectivity index (χ1v) is 9.78. The van der Waals surface area contributed by atoms with Crippen molar-refractivity contribution < 1.29 is 8.42 Å². The smallest absolute Gasteiger partial charge is 0.211 e. The summed E-state index contributed by atoms with van der Waals surface area (Å²) in [4.78, 5) is 6.80. The summed E-state index contributed by atoms with van der Waals surface area (Å²) in [6, 6.07) is 0. The summed E-state index contributed by atoms with van der Waals surface area (Å²) < 4.78 is 24.6. The maximum absolute atomic E-state index is 11.5. The highest BCUT2D eigenvalue weighted by molar-refractivity contribution is 14.0. The van der Waals surface area contributed by atoms with E-state index in [9.17, 15) is 8.42 Å². The number of nitrogens with one attached hydrogen (secondary N) is 1. The number of sulfonamides is 1. The molecule has 1 saturated heterocycles. The van der Waals surface area contributed by atoms with Crippen LogP contribution < -0.4 is 5.32 Å². The molecule has 8 heteroatoms. The fraction of sp³-hybridized carbons (Fsp3) is 0.800. The highest BCUT2D eigenvalue weighted by Gasteiger charge is 2.28. The van der Waals surface area contributed by atoms with E-state index in [1.165, 1.54) is 6.26 Å². The zero-order valence-corrected chi connectivity index (χ0v) is 17.6. The molecule has 1 fully saturated rings. The number of hydrogen-bond donors (Lipinski definition) is 1. The van der Waals surface area contributed by atoms with Crippen LogP contribution in [-0.2, 0) is 10.0 Å². The van der Waals surface area contributed by atoms with E-state index < -0.39 is 10.0 Å². The van der Waals surface area contributed by atoms with Crippen LogP contribution in [0.3, 0.4) is 0 Å². The third-order valence-electron chi connectivity index (χ3n) is 3.82. The highest BCUT2D eigenvalue weighted by Crippen LogP contribution is 2.18. The van der Waals surface area contributed by atoms with Crippen molar-refractivity contribution in [3.63, 3.8) is 0 Å². The molecule has 0 radical (unpaired) electrons. The van der Waals surface area contributed by atoms with Gasteiger partial charge in [-0.2, -0.15) is 0 Å². The molecule has 1 rings (SSSR count). The number of hydrogen-bond acceptors (Lipinski definition) is 3. The molecule has 23 heavy (non-hydrogen) atoms. The summed E-state index contributed by atoms with van der Waals surface area (Å²) in [6.07, 6.45) is 6.13. The average molecular weight is 458 g/mol. The number of rotatable bonds is 8. The van der Waals surface area contributed by atoms with Gasteiger partial charge in [-0.15, -0.1) is 30.6 Å². The van der Waals surface area contributed by atoms with Crippen molar-refractivity contribution in [2.24, 2.45) is 10.9 Å². The standard InChI is InChI=1S/C15H30N4O2S.HI/c1-5-7-8-10-18(3)15(16-6-2)17-12-14-9-11-19(13-14)22(4,20)21;/h5,14H,1,6-13H2,2-4H3,(H,16,17);1H. The van der Waals surface area contributed by atoms with Crippen molar-refractivity contribution in [2.75, 3.05) is 46.0 Å². The number of halogens is 1. The second kappa shape index (κ2) is 11.2. The summed E-state index contributed by atoms with van der Waals surface area (Å²) in [5.41, 5.74) is 0. The molecule has 0 amide bonds. The molecule has 0 aliphatic carbocycles. The average Bonchev–Trinajstić information content (AvgIpc) is 2.92. The van der Waals surface area contributed by atoms with Crippen LogP contribution >= 0.6 is 24.0 Å². The zero-order valence-electron chi connectivity index (χ0n) is 14.5. The van der Waals surface area contributed by atoms with Crippen LogP contribution in [0, 0.1) is 5.92 Å². The Bertz CT molecular complexity index is 482. The molecular formula is C15H31IN4O2S. The molecule has 1 N–H and O–H groups in total. The lowest BCUT2D eigenvalue weighted by Crippen LogP contribution is -2.39. The molecule has 1 unspecified atom stereocenters. The fourth-order valence-electron chi connectivity index (χ4n) is 2.51. The molecule has 6 nitrogen and oxygen atoms in total. The van der Waals surface area contributed by atoms with E-state index in [0.717, 1.165) is 38.3 Å². The molecule has 0 spiro atoms. The normalized spacial score (nSPS) is 19.3. The molecule has 0 aromatic carbocycles. The lowest BCUT2D eigenvalue weighted by molar-refractivity contribution is 0.454. The third-order valence-corrected chi connectivity index (χ3v) is 5.08. The maximum Gasteiger partial charge on any atom is 0.211 e. The van der Waals surface area contributed by atoms with E-state index in [0.29, 0.717) is 25.6 Å². The molecule has 0 saturated carbocycles. The maximum atomic E-state index is 11.5. The minimum Gasteiger partial charge on any atom is -0.357 e. The van der Waals surface area contributed by atoms with Gasteiger partial charge >= 0.3 is 0 Å². The molecule has 1 heterocycles. The third kappa shape index (κ3) is 8.35. The Morgan fingerprint density at radius 3 is 2.74 bits per heavy atom. The predicted molar refractivity (Wildman–Crippen MR) is 108 cm³/mol. The van der Waals surface area contributed by atoms with Gasteiger partial charge in [-0.3, -0.25) is 4.99 Å². The van der Waals surface area contributed by atoms with Gasteiger partial charge in [-0.1, -0.05) is 6.08 Å².